The molecule has 0 radical (unpaired) electrons. The van der Waals surface area contributed by atoms with Crippen LogP contribution in [0, 0.1) is 0 Å². The average molecular weight is 426 g/mol. The number of rotatable bonds is 9. The molecule has 0 aliphatic carbocycles. The molecular formula is C20H18N4O5S. The maximum atomic E-state index is 5.70. The van der Waals surface area contributed by atoms with Crippen molar-refractivity contribution in [2.45, 2.75) is 17.6 Å². The summed E-state index contributed by atoms with van der Waals surface area (Å²) in [5.74, 6) is 3.71. The van der Waals surface area contributed by atoms with Gasteiger partial charge in [-0.1, -0.05) is 23.9 Å². The first kappa shape index (κ1) is 19.8. The zero-order chi connectivity index (χ0) is 20.8. The maximum absolute atomic E-state index is 5.70. The van der Waals surface area contributed by atoms with Gasteiger partial charge in [-0.3, -0.25) is 0 Å². The van der Waals surface area contributed by atoms with E-state index in [0.29, 0.717) is 40.1 Å². The predicted octanol–water partition coefficient (Wildman–Crippen LogP) is 4.01. The fourth-order valence-corrected chi connectivity index (χ4v) is 3.12. The molecule has 0 unspecified atom stereocenters. The largest absolute Gasteiger partial charge is 0.497 e. The molecule has 9 nitrogen and oxygen atoms in total. The number of hydrogen-bond acceptors (Lipinski definition) is 10. The van der Waals surface area contributed by atoms with Gasteiger partial charge in [-0.2, -0.15) is 0 Å². The Labute approximate surface area is 176 Å². The summed E-state index contributed by atoms with van der Waals surface area (Å²) in [4.78, 5) is 0. The van der Waals surface area contributed by atoms with Crippen molar-refractivity contribution in [2.24, 2.45) is 0 Å². The van der Waals surface area contributed by atoms with Crippen LogP contribution in [0.5, 0.6) is 17.2 Å². The molecule has 4 aromatic rings. The lowest BCUT2D eigenvalue weighted by molar-refractivity contribution is 0.251. The van der Waals surface area contributed by atoms with Crippen molar-refractivity contribution in [1.29, 1.82) is 0 Å². The van der Waals surface area contributed by atoms with Crippen LogP contribution in [0.1, 0.15) is 11.8 Å². The second kappa shape index (κ2) is 9.31. The summed E-state index contributed by atoms with van der Waals surface area (Å²) in [6, 6.07) is 14.7. The van der Waals surface area contributed by atoms with Crippen LogP contribution in [0.25, 0.3) is 11.5 Å². The van der Waals surface area contributed by atoms with Gasteiger partial charge in [-0.05, 0) is 30.3 Å². The van der Waals surface area contributed by atoms with E-state index in [1.165, 1.54) is 11.8 Å². The summed E-state index contributed by atoms with van der Waals surface area (Å²) in [6.45, 7) is 0.154. The molecule has 0 bridgehead atoms. The maximum Gasteiger partial charge on any atom is 0.277 e. The first-order valence-corrected chi connectivity index (χ1v) is 9.91. The quantitative estimate of drug-likeness (QED) is 0.364. The molecule has 0 N–H and O–H groups in total. The number of ether oxygens (including phenoxy) is 3. The highest BCUT2D eigenvalue weighted by atomic mass is 32.2. The Kier molecular flexibility index (Phi) is 6.14. The molecule has 0 aliphatic rings. The summed E-state index contributed by atoms with van der Waals surface area (Å²) in [7, 11) is 3.21. The number of aromatic nitrogens is 4. The van der Waals surface area contributed by atoms with Gasteiger partial charge in [0, 0.05) is 11.6 Å². The molecule has 0 fully saturated rings. The summed E-state index contributed by atoms with van der Waals surface area (Å²) >= 11 is 1.30. The van der Waals surface area contributed by atoms with Crippen LogP contribution in [-0.4, -0.2) is 34.6 Å². The zero-order valence-corrected chi connectivity index (χ0v) is 17.1. The third-order valence-corrected chi connectivity index (χ3v) is 4.76. The van der Waals surface area contributed by atoms with Gasteiger partial charge >= 0.3 is 0 Å². The molecule has 0 amide bonds. The van der Waals surface area contributed by atoms with E-state index in [1.807, 2.05) is 42.5 Å². The van der Waals surface area contributed by atoms with E-state index >= 15 is 0 Å². The van der Waals surface area contributed by atoms with Gasteiger partial charge in [0.2, 0.25) is 11.8 Å². The Bertz CT molecular complexity index is 1110. The summed E-state index contributed by atoms with van der Waals surface area (Å²) in [6.07, 6.45) is 0. The van der Waals surface area contributed by atoms with Gasteiger partial charge in [-0.15, -0.1) is 20.4 Å². The average Bonchev–Trinajstić information content (AvgIpc) is 3.46. The van der Waals surface area contributed by atoms with E-state index in [1.54, 1.807) is 20.3 Å². The van der Waals surface area contributed by atoms with Crippen molar-refractivity contribution in [2.75, 3.05) is 14.2 Å². The topological polar surface area (TPSA) is 106 Å². The molecule has 0 aliphatic heterocycles. The first-order chi connectivity index (χ1) is 14.7. The molecule has 2 aromatic carbocycles. The van der Waals surface area contributed by atoms with E-state index in [-0.39, 0.29) is 6.61 Å². The molecular weight excluding hydrogens is 408 g/mol. The molecule has 30 heavy (non-hydrogen) atoms. The first-order valence-electron chi connectivity index (χ1n) is 8.92. The standard InChI is InChI=1S/C20H18N4O5S/c1-25-14-6-3-5-13(9-14)19-23-22-18(28-19)12-30-20-24-21-17(29-20)11-27-16-8-4-7-15(10-16)26-2/h3-10H,11-12H2,1-2H3. The van der Waals surface area contributed by atoms with Crippen molar-refractivity contribution in [3.05, 3.63) is 60.3 Å². The Balaban J connectivity index is 1.31. The molecule has 2 aromatic heterocycles. The van der Waals surface area contributed by atoms with Crippen molar-refractivity contribution in [1.82, 2.24) is 20.4 Å². The third kappa shape index (κ3) is 4.90. The Hall–Kier alpha value is -3.53. The van der Waals surface area contributed by atoms with Gasteiger partial charge < -0.3 is 23.0 Å². The minimum atomic E-state index is 0.154. The second-order valence-electron chi connectivity index (χ2n) is 5.95. The Morgan fingerprint density at radius 1 is 0.800 bits per heavy atom. The number of methoxy groups -OCH3 is 2. The van der Waals surface area contributed by atoms with E-state index in [0.717, 1.165) is 11.3 Å². The minimum Gasteiger partial charge on any atom is -0.497 e. The fourth-order valence-electron chi connectivity index (χ4n) is 2.50. The highest BCUT2D eigenvalue weighted by molar-refractivity contribution is 7.98. The number of nitrogens with zero attached hydrogens (tertiary/aromatic N) is 4. The summed E-state index contributed by atoms with van der Waals surface area (Å²) < 4.78 is 27.3. The van der Waals surface area contributed by atoms with Crippen LogP contribution in [-0.2, 0) is 12.4 Å². The molecule has 10 heteroatoms. The van der Waals surface area contributed by atoms with Crippen LogP contribution in [0.15, 0.2) is 62.6 Å². The number of hydrogen-bond donors (Lipinski definition) is 0. The Morgan fingerprint density at radius 2 is 1.53 bits per heavy atom. The van der Waals surface area contributed by atoms with Gasteiger partial charge in [0.15, 0.2) is 6.61 Å². The van der Waals surface area contributed by atoms with Crippen LogP contribution in [0.3, 0.4) is 0 Å². The zero-order valence-electron chi connectivity index (χ0n) is 16.3. The third-order valence-electron chi connectivity index (χ3n) is 3.95. The van der Waals surface area contributed by atoms with Gasteiger partial charge in [0.1, 0.15) is 17.2 Å². The van der Waals surface area contributed by atoms with E-state index in [9.17, 15) is 0 Å². The van der Waals surface area contributed by atoms with Crippen LogP contribution >= 0.6 is 11.8 Å². The van der Waals surface area contributed by atoms with Crippen molar-refractivity contribution in [3.8, 4) is 28.7 Å². The van der Waals surface area contributed by atoms with E-state index < -0.39 is 0 Å². The normalized spacial score (nSPS) is 10.7. The highest BCUT2D eigenvalue weighted by Gasteiger charge is 2.13. The van der Waals surface area contributed by atoms with E-state index in [2.05, 4.69) is 20.4 Å². The summed E-state index contributed by atoms with van der Waals surface area (Å²) in [5, 5.41) is 16.5. The molecule has 0 saturated heterocycles. The molecule has 0 spiro atoms. The number of thioether (sulfide) groups is 1. The van der Waals surface area contributed by atoms with Crippen LogP contribution in [0.4, 0.5) is 0 Å². The highest BCUT2D eigenvalue weighted by Crippen LogP contribution is 2.26. The lowest BCUT2D eigenvalue weighted by atomic mass is 10.2. The number of benzene rings is 2. The summed E-state index contributed by atoms with van der Waals surface area (Å²) in [5.41, 5.74) is 0.785. The molecule has 0 saturated carbocycles. The smallest absolute Gasteiger partial charge is 0.277 e. The predicted molar refractivity (Wildman–Crippen MR) is 107 cm³/mol. The molecule has 0 atom stereocenters. The lowest BCUT2D eigenvalue weighted by Crippen LogP contribution is -1.96. The lowest BCUT2D eigenvalue weighted by Gasteiger charge is -2.05. The second-order valence-corrected chi connectivity index (χ2v) is 6.88. The van der Waals surface area contributed by atoms with Crippen LogP contribution < -0.4 is 14.2 Å². The van der Waals surface area contributed by atoms with Crippen LogP contribution in [0.2, 0.25) is 0 Å². The molecule has 2 heterocycles. The molecule has 4 rings (SSSR count). The monoisotopic (exact) mass is 426 g/mol. The van der Waals surface area contributed by atoms with Gasteiger partial charge in [0.05, 0.1) is 20.0 Å². The fraction of sp³-hybridized carbons (Fsp3) is 0.200. The van der Waals surface area contributed by atoms with Gasteiger partial charge in [0.25, 0.3) is 11.1 Å². The van der Waals surface area contributed by atoms with Gasteiger partial charge in [-0.25, -0.2) is 0 Å². The van der Waals surface area contributed by atoms with Crippen molar-refractivity contribution in [3.63, 3.8) is 0 Å². The van der Waals surface area contributed by atoms with Crippen molar-refractivity contribution < 1.29 is 23.0 Å². The molecule has 154 valence electrons. The Morgan fingerprint density at radius 3 is 2.37 bits per heavy atom. The SMILES string of the molecule is COc1cccc(OCc2nnc(SCc3nnc(-c4cccc(OC)c4)o3)o2)c1. The van der Waals surface area contributed by atoms with Crippen molar-refractivity contribution >= 4 is 11.8 Å². The van der Waals surface area contributed by atoms with E-state index in [4.69, 9.17) is 23.0 Å². The minimum absolute atomic E-state index is 0.154.